The van der Waals surface area contributed by atoms with E-state index in [0.717, 1.165) is 15.4 Å². The zero-order valence-corrected chi connectivity index (χ0v) is 13.2. The maximum atomic E-state index is 12.3. The van der Waals surface area contributed by atoms with E-state index in [2.05, 4.69) is 4.74 Å². The highest BCUT2D eigenvalue weighted by Crippen LogP contribution is 2.22. The van der Waals surface area contributed by atoms with Crippen LogP contribution in [-0.4, -0.2) is 39.4 Å². The van der Waals surface area contributed by atoms with E-state index >= 15 is 0 Å². The van der Waals surface area contributed by atoms with Crippen molar-refractivity contribution in [1.29, 1.82) is 0 Å². The molecule has 0 saturated heterocycles. The SMILES string of the molecule is COC(=O)CN(C)S(=O)(=O)c1ccc(-c2ccccc2)cc1. The van der Waals surface area contributed by atoms with E-state index in [4.69, 9.17) is 0 Å². The fraction of sp³-hybridized carbons (Fsp3) is 0.188. The topological polar surface area (TPSA) is 63.7 Å². The number of rotatable bonds is 5. The first-order valence-electron chi connectivity index (χ1n) is 6.64. The Balaban J connectivity index is 2.24. The fourth-order valence-corrected chi connectivity index (χ4v) is 3.08. The second-order valence-electron chi connectivity index (χ2n) is 4.73. The Hall–Kier alpha value is -2.18. The van der Waals surface area contributed by atoms with Crippen molar-refractivity contribution in [1.82, 2.24) is 4.31 Å². The Morgan fingerprint density at radius 2 is 1.55 bits per heavy atom. The molecule has 116 valence electrons. The molecule has 2 aromatic rings. The van der Waals surface area contributed by atoms with Crippen LogP contribution in [0.5, 0.6) is 0 Å². The first-order chi connectivity index (χ1) is 10.4. The average Bonchev–Trinajstić information content (AvgIpc) is 2.55. The van der Waals surface area contributed by atoms with Crippen LogP contribution in [0.1, 0.15) is 0 Å². The summed E-state index contributed by atoms with van der Waals surface area (Å²) in [5.74, 6) is -0.605. The van der Waals surface area contributed by atoms with Crippen LogP contribution in [0.3, 0.4) is 0 Å². The van der Waals surface area contributed by atoms with Crippen molar-refractivity contribution >= 4 is 16.0 Å². The molecule has 0 atom stereocenters. The van der Waals surface area contributed by atoms with Gasteiger partial charge in [0, 0.05) is 7.05 Å². The van der Waals surface area contributed by atoms with Crippen molar-refractivity contribution in [3.8, 4) is 11.1 Å². The Morgan fingerprint density at radius 1 is 1.00 bits per heavy atom. The molecule has 0 fully saturated rings. The van der Waals surface area contributed by atoms with Crippen molar-refractivity contribution in [3.05, 3.63) is 54.6 Å². The summed E-state index contributed by atoms with van der Waals surface area (Å²) < 4.78 is 30.2. The number of carbonyl (C=O) groups is 1. The van der Waals surface area contributed by atoms with Crippen LogP contribution in [-0.2, 0) is 19.6 Å². The van der Waals surface area contributed by atoms with E-state index in [1.165, 1.54) is 26.3 Å². The molecule has 0 unspecified atom stereocenters. The molecular weight excluding hydrogens is 302 g/mol. The van der Waals surface area contributed by atoms with Crippen molar-refractivity contribution in [2.24, 2.45) is 0 Å². The quantitative estimate of drug-likeness (QED) is 0.792. The number of hydrogen-bond donors (Lipinski definition) is 0. The van der Waals surface area contributed by atoms with Gasteiger partial charge in [0.25, 0.3) is 0 Å². The molecule has 0 aliphatic heterocycles. The summed E-state index contributed by atoms with van der Waals surface area (Å²) >= 11 is 0. The minimum atomic E-state index is -3.71. The monoisotopic (exact) mass is 319 g/mol. The summed E-state index contributed by atoms with van der Waals surface area (Å²) in [6, 6.07) is 16.2. The molecule has 5 nitrogen and oxygen atoms in total. The third kappa shape index (κ3) is 3.52. The van der Waals surface area contributed by atoms with Gasteiger partial charge in [-0.05, 0) is 23.3 Å². The third-order valence-corrected chi connectivity index (χ3v) is 5.07. The van der Waals surface area contributed by atoms with Gasteiger partial charge in [0.05, 0.1) is 12.0 Å². The minimum absolute atomic E-state index is 0.138. The lowest BCUT2D eigenvalue weighted by Crippen LogP contribution is -2.32. The van der Waals surface area contributed by atoms with Crippen LogP contribution in [0.15, 0.2) is 59.5 Å². The molecule has 0 saturated carbocycles. The summed E-state index contributed by atoms with van der Waals surface area (Å²) in [6.45, 7) is -0.320. The Bertz CT molecular complexity index is 739. The fourth-order valence-electron chi connectivity index (χ4n) is 1.96. The molecular formula is C16H17NO4S. The molecule has 2 aromatic carbocycles. The van der Waals surface area contributed by atoms with Crippen molar-refractivity contribution < 1.29 is 17.9 Å². The number of benzene rings is 2. The average molecular weight is 319 g/mol. The number of ether oxygens (including phenoxy) is 1. The lowest BCUT2D eigenvalue weighted by atomic mass is 10.1. The minimum Gasteiger partial charge on any atom is -0.468 e. The molecule has 0 aliphatic rings. The number of esters is 1. The Kier molecular flexibility index (Phi) is 4.95. The van der Waals surface area contributed by atoms with Gasteiger partial charge in [0.1, 0.15) is 6.54 Å². The molecule has 6 heteroatoms. The zero-order valence-electron chi connectivity index (χ0n) is 12.4. The standard InChI is InChI=1S/C16H17NO4S/c1-17(12-16(18)21-2)22(19,20)15-10-8-14(9-11-15)13-6-4-3-5-7-13/h3-11H,12H2,1-2H3. The van der Waals surface area contributed by atoms with Gasteiger partial charge in [-0.1, -0.05) is 42.5 Å². The van der Waals surface area contributed by atoms with Gasteiger partial charge in [-0.15, -0.1) is 0 Å². The van der Waals surface area contributed by atoms with Crippen LogP contribution in [0.25, 0.3) is 11.1 Å². The molecule has 0 aliphatic carbocycles. The van der Waals surface area contributed by atoms with Crippen LogP contribution >= 0.6 is 0 Å². The highest BCUT2D eigenvalue weighted by Gasteiger charge is 2.23. The van der Waals surface area contributed by atoms with Crippen LogP contribution in [0.4, 0.5) is 0 Å². The van der Waals surface area contributed by atoms with Crippen LogP contribution in [0, 0.1) is 0 Å². The Morgan fingerprint density at radius 3 is 2.09 bits per heavy atom. The normalized spacial score (nSPS) is 11.4. The summed E-state index contributed by atoms with van der Waals surface area (Å²) in [7, 11) is -1.15. The molecule has 0 N–H and O–H groups in total. The molecule has 0 radical (unpaired) electrons. The highest BCUT2D eigenvalue weighted by atomic mass is 32.2. The van der Waals surface area contributed by atoms with Crippen molar-refractivity contribution in [2.75, 3.05) is 20.7 Å². The number of sulfonamides is 1. The summed E-state index contributed by atoms with van der Waals surface area (Å²) in [6.07, 6.45) is 0. The predicted molar refractivity (Wildman–Crippen MR) is 83.7 cm³/mol. The molecule has 2 rings (SSSR count). The maximum absolute atomic E-state index is 12.3. The molecule has 22 heavy (non-hydrogen) atoms. The smallest absolute Gasteiger partial charge is 0.321 e. The Labute approximate surface area is 130 Å². The lowest BCUT2D eigenvalue weighted by molar-refractivity contribution is -0.140. The lowest BCUT2D eigenvalue weighted by Gasteiger charge is -2.16. The predicted octanol–water partition coefficient (Wildman–Crippen LogP) is 2.15. The largest absolute Gasteiger partial charge is 0.468 e. The van der Waals surface area contributed by atoms with E-state index in [-0.39, 0.29) is 11.4 Å². The van der Waals surface area contributed by atoms with E-state index in [9.17, 15) is 13.2 Å². The number of carbonyl (C=O) groups excluding carboxylic acids is 1. The number of likely N-dealkylation sites (N-methyl/N-ethyl adjacent to an activating group) is 1. The van der Waals surface area contributed by atoms with Gasteiger partial charge < -0.3 is 4.74 Å². The first-order valence-corrected chi connectivity index (χ1v) is 8.08. The second kappa shape index (κ2) is 6.72. The van der Waals surface area contributed by atoms with Gasteiger partial charge in [0.15, 0.2) is 0 Å². The number of hydrogen-bond acceptors (Lipinski definition) is 4. The summed E-state index contributed by atoms with van der Waals surface area (Å²) in [5, 5.41) is 0. The van der Waals surface area contributed by atoms with E-state index in [0.29, 0.717) is 0 Å². The van der Waals surface area contributed by atoms with Gasteiger partial charge in [0.2, 0.25) is 10.0 Å². The number of methoxy groups -OCH3 is 1. The van der Waals surface area contributed by atoms with Crippen LogP contribution < -0.4 is 0 Å². The molecule has 0 spiro atoms. The van der Waals surface area contributed by atoms with Gasteiger partial charge in [-0.25, -0.2) is 8.42 Å². The van der Waals surface area contributed by atoms with Crippen LogP contribution in [0.2, 0.25) is 0 Å². The highest BCUT2D eigenvalue weighted by molar-refractivity contribution is 7.89. The van der Waals surface area contributed by atoms with Gasteiger partial charge >= 0.3 is 5.97 Å². The van der Waals surface area contributed by atoms with Crippen molar-refractivity contribution in [2.45, 2.75) is 4.90 Å². The maximum Gasteiger partial charge on any atom is 0.321 e. The molecule has 0 aromatic heterocycles. The molecule has 0 heterocycles. The van der Waals surface area contributed by atoms with Crippen molar-refractivity contribution in [3.63, 3.8) is 0 Å². The van der Waals surface area contributed by atoms with Gasteiger partial charge in [-0.2, -0.15) is 4.31 Å². The van der Waals surface area contributed by atoms with E-state index in [1.54, 1.807) is 12.1 Å². The van der Waals surface area contributed by atoms with Gasteiger partial charge in [-0.3, -0.25) is 4.79 Å². The second-order valence-corrected chi connectivity index (χ2v) is 6.77. The first kappa shape index (κ1) is 16.2. The van der Waals surface area contributed by atoms with E-state index in [1.807, 2.05) is 30.3 Å². The molecule has 0 amide bonds. The summed E-state index contributed by atoms with van der Waals surface area (Å²) in [5.41, 5.74) is 1.93. The third-order valence-electron chi connectivity index (χ3n) is 3.25. The number of nitrogens with zero attached hydrogens (tertiary/aromatic N) is 1. The van der Waals surface area contributed by atoms with E-state index < -0.39 is 16.0 Å². The molecule has 0 bridgehead atoms. The zero-order chi connectivity index (χ0) is 16.2. The summed E-state index contributed by atoms with van der Waals surface area (Å²) in [4.78, 5) is 11.3.